The van der Waals surface area contributed by atoms with E-state index in [1.165, 1.54) is 0 Å². The number of aromatic nitrogens is 2. The van der Waals surface area contributed by atoms with Crippen LogP contribution in [0.4, 0.5) is 0 Å². The van der Waals surface area contributed by atoms with Crippen LogP contribution in [0.5, 0.6) is 0 Å². The van der Waals surface area contributed by atoms with Gasteiger partial charge in [-0.1, -0.05) is 0 Å². The number of rotatable bonds is 1. The van der Waals surface area contributed by atoms with Gasteiger partial charge in [-0.15, -0.1) is 0 Å². The summed E-state index contributed by atoms with van der Waals surface area (Å²) in [4.78, 5) is 22.4. The van der Waals surface area contributed by atoms with Crippen LogP contribution in [0.3, 0.4) is 0 Å². The molecule has 1 heterocycles. The van der Waals surface area contributed by atoms with Gasteiger partial charge in [0.05, 0.1) is 10.9 Å². The molecular weight excluding hydrogens is 182 g/mol. The lowest BCUT2D eigenvalue weighted by molar-refractivity contribution is 0.0963. The zero-order chi connectivity index (χ0) is 10.1. The van der Waals surface area contributed by atoms with E-state index in [1.54, 1.807) is 25.2 Å². The molecule has 5 nitrogen and oxygen atoms in total. The fourth-order valence-electron chi connectivity index (χ4n) is 1.32. The van der Waals surface area contributed by atoms with Crippen LogP contribution in [0.2, 0.25) is 0 Å². The van der Waals surface area contributed by atoms with E-state index >= 15 is 0 Å². The summed E-state index contributed by atoms with van der Waals surface area (Å²) in [5.74, 6) is -0.172. The Morgan fingerprint density at radius 2 is 2.14 bits per heavy atom. The molecule has 0 spiro atoms. The maximum absolute atomic E-state index is 11.3. The van der Waals surface area contributed by atoms with E-state index in [4.69, 9.17) is 0 Å². The Hall–Kier alpha value is -2.04. The Balaban J connectivity index is 2.63. The van der Waals surface area contributed by atoms with Crippen LogP contribution in [0, 0.1) is 0 Å². The van der Waals surface area contributed by atoms with Crippen molar-refractivity contribution in [3.63, 3.8) is 0 Å². The minimum Gasteiger partial charge on any atom is -0.355 e. The zero-order valence-electron chi connectivity index (χ0n) is 7.55. The van der Waals surface area contributed by atoms with Gasteiger partial charge in [-0.25, -0.2) is 0 Å². The van der Waals surface area contributed by atoms with Crippen LogP contribution >= 0.6 is 0 Å². The first-order valence-corrected chi connectivity index (χ1v) is 4.15. The average Bonchev–Trinajstić information content (AvgIpc) is 2.59. The molecule has 0 aliphatic heterocycles. The van der Waals surface area contributed by atoms with Gasteiger partial charge in [0.25, 0.3) is 11.5 Å². The second kappa shape index (κ2) is 3.02. The van der Waals surface area contributed by atoms with E-state index in [0.29, 0.717) is 16.5 Å². The van der Waals surface area contributed by atoms with Crippen molar-refractivity contribution in [3.05, 3.63) is 34.1 Å². The second-order valence-corrected chi connectivity index (χ2v) is 2.92. The summed E-state index contributed by atoms with van der Waals surface area (Å²) < 4.78 is 0. The highest BCUT2D eigenvalue weighted by molar-refractivity contribution is 5.97. The van der Waals surface area contributed by atoms with Crippen molar-refractivity contribution in [2.45, 2.75) is 0 Å². The Morgan fingerprint density at radius 1 is 1.36 bits per heavy atom. The Labute approximate surface area is 79.1 Å². The van der Waals surface area contributed by atoms with Gasteiger partial charge in [0.1, 0.15) is 0 Å². The van der Waals surface area contributed by atoms with Gasteiger partial charge in [-0.2, -0.15) is 0 Å². The van der Waals surface area contributed by atoms with Crippen molar-refractivity contribution >= 4 is 16.8 Å². The molecule has 1 aromatic carbocycles. The first-order chi connectivity index (χ1) is 6.72. The highest BCUT2D eigenvalue weighted by Gasteiger charge is 2.06. The molecule has 5 heteroatoms. The van der Waals surface area contributed by atoms with Crippen molar-refractivity contribution in [2.24, 2.45) is 0 Å². The second-order valence-electron chi connectivity index (χ2n) is 2.92. The van der Waals surface area contributed by atoms with E-state index in [0.717, 1.165) is 0 Å². The molecule has 14 heavy (non-hydrogen) atoms. The zero-order valence-corrected chi connectivity index (χ0v) is 7.55. The molecule has 1 aromatic heterocycles. The van der Waals surface area contributed by atoms with Crippen molar-refractivity contribution in [2.75, 3.05) is 7.05 Å². The molecule has 0 saturated heterocycles. The largest absolute Gasteiger partial charge is 0.355 e. The average molecular weight is 191 g/mol. The van der Waals surface area contributed by atoms with Crippen LogP contribution in [0.25, 0.3) is 10.9 Å². The number of carbonyl (C=O) groups excluding carboxylic acids is 1. The standard InChI is InChI=1S/C9H9N3O2/c1-10-8(13)5-2-3-6-7(4-5)11-12-9(6)14/h2-4H,1H3,(H,10,13)(H2,11,12,14). The van der Waals surface area contributed by atoms with E-state index in [2.05, 4.69) is 15.5 Å². The smallest absolute Gasteiger partial charge is 0.271 e. The number of benzene rings is 1. The number of hydrogen-bond acceptors (Lipinski definition) is 2. The van der Waals surface area contributed by atoms with E-state index in [-0.39, 0.29) is 11.5 Å². The normalized spacial score (nSPS) is 10.4. The van der Waals surface area contributed by atoms with Gasteiger partial charge in [-0.05, 0) is 18.2 Å². The highest BCUT2D eigenvalue weighted by atomic mass is 16.1. The first-order valence-electron chi connectivity index (χ1n) is 4.15. The quantitative estimate of drug-likeness (QED) is 0.602. The topological polar surface area (TPSA) is 77.8 Å². The molecule has 0 aliphatic carbocycles. The number of aromatic amines is 2. The van der Waals surface area contributed by atoms with Crippen molar-refractivity contribution in [1.29, 1.82) is 0 Å². The molecule has 2 aromatic rings. The molecule has 0 bridgehead atoms. The fourth-order valence-corrected chi connectivity index (χ4v) is 1.32. The summed E-state index contributed by atoms with van der Waals surface area (Å²) in [6.45, 7) is 0. The fraction of sp³-hybridized carbons (Fsp3) is 0.111. The summed E-state index contributed by atoms with van der Waals surface area (Å²) in [6.07, 6.45) is 0. The summed E-state index contributed by atoms with van der Waals surface area (Å²) >= 11 is 0. The summed E-state index contributed by atoms with van der Waals surface area (Å²) in [5, 5.41) is 8.20. The van der Waals surface area contributed by atoms with Gasteiger partial charge in [0, 0.05) is 12.6 Å². The maximum Gasteiger partial charge on any atom is 0.271 e. The van der Waals surface area contributed by atoms with Crippen molar-refractivity contribution in [3.8, 4) is 0 Å². The number of amides is 1. The molecule has 0 fully saturated rings. The lowest BCUT2D eigenvalue weighted by atomic mass is 10.1. The molecule has 0 radical (unpaired) electrons. The van der Waals surface area contributed by atoms with E-state index in [9.17, 15) is 9.59 Å². The number of carbonyl (C=O) groups is 1. The van der Waals surface area contributed by atoms with Gasteiger partial charge in [0.2, 0.25) is 0 Å². The predicted octanol–water partition coefficient (Wildman–Crippen LogP) is 0.216. The Kier molecular flexibility index (Phi) is 1.85. The molecule has 0 unspecified atom stereocenters. The summed E-state index contributed by atoms with van der Waals surface area (Å²) in [5.41, 5.74) is 0.981. The van der Waals surface area contributed by atoms with Crippen LogP contribution in [0.15, 0.2) is 23.0 Å². The van der Waals surface area contributed by atoms with Gasteiger partial charge >= 0.3 is 0 Å². The van der Waals surface area contributed by atoms with Crippen molar-refractivity contribution < 1.29 is 4.79 Å². The Bertz CT molecular complexity index is 538. The molecular formula is C9H9N3O2. The van der Waals surface area contributed by atoms with E-state index < -0.39 is 0 Å². The maximum atomic E-state index is 11.3. The van der Waals surface area contributed by atoms with Gasteiger partial charge < -0.3 is 5.32 Å². The molecule has 0 atom stereocenters. The number of hydrogen-bond donors (Lipinski definition) is 3. The van der Waals surface area contributed by atoms with Crippen LogP contribution in [-0.4, -0.2) is 23.2 Å². The third-order valence-corrected chi connectivity index (χ3v) is 2.06. The van der Waals surface area contributed by atoms with Crippen molar-refractivity contribution in [1.82, 2.24) is 15.5 Å². The third kappa shape index (κ3) is 1.19. The molecule has 0 saturated carbocycles. The molecule has 72 valence electrons. The lowest BCUT2D eigenvalue weighted by Crippen LogP contribution is -2.17. The molecule has 1 amide bonds. The Morgan fingerprint density at radius 3 is 2.86 bits per heavy atom. The SMILES string of the molecule is CNC(=O)c1ccc2c(=O)[nH][nH]c2c1. The third-order valence-electron chi connectivity index (χ3n) is 2.06. The minimum atomic E-state index is -0.177. The van der Waals surface area contributed by atoms with Crippen LogP contribution < -0.4 is 10.9 Å². The number of H-pyrrole nitrogens is 2. The predicted molar refractivity (Wildman–Crippen MR) is 52.3 cm³/mol. The van der Waals surface area contributed by atoms with E-state index in [1.807, 2.05) is 0 Å². The molecule has 2 rings (SSSR count). The van der Waals surface area contributed by atoms with Crippen LogP contribution in [0.1, 0.15) is 10.4 Å². The van der Waals surface area contributed by atoms with Crippen LogP contribution in [-0.2, 0) is 0 Å². The van der Waals surface area contributed by atoms with Gasteiger partial charge in [0.15, 0.2) is 0 Å². The number of nitrogens with one attached hydrogen (secondary N) is 3. The number of fused-ring (bicyclic) bond motifs is 1. The summed E-state index contributed by atoms with van der Waals surface area (Å²) in [6, 6.07) is 4.87. The monoisotopic (exact) mass is 191 g/mol. The highest BCUT2D eigenvalue weighted by Crippen LogP contribution is 2.09. The summed E-state index contributed by atoms with van der Waals surface area (Å²) in [7, 11) is 1.56. The first kappa shape index (κ1) is 8.55. The molecule has 0 aliphatic rings. The minimum absolute atomic E-state index is 0.172. The van der Waals surface area contributed by atoms with Gasteiger partial charge in [-0.3, -0.25) is 19.8 Å². The molecule has 3 N–H and O–H groups in total. The lowest BCUT2D eigenvalue weighted by Gasteiger charge is -1.98.